The molecule has 4 heteroatoms. The zero-order valence-corrected chi connectivity index (χ0v) is 10.2. The predicted molar refractivity (Wildman–Crippen MR) is 65.1 cm³/mol. The molecule has 2 aromatic rings. The highest BCUT2D eigenvalue weighted by atomic mass is 32.1. The van der Waals surface area contributed by atoms with Crippen LogP contribution in [0.2, 0.25) is 0 Å². The molecule has 0 amide bonds. The molecule has 0 N–H and O–H groups in total. The lowest BCUT2D eigenvalue weighted by atomic mass is 10.3. The van der Waals surface area contributed by atoms with Crippen molar-refractivity contribution in [1.82, 2.24) is 9.55 Å². The molecule has 3 nitrogen and oxygen atoms in total. The topological polar surface area (TPSA) is 34.9 Å². The molecule has 2 rings (SSSR count). The summed E-state index contributed by atoms with van der Waals surface area (Å²) in [5.41, 5.74) is 0.695. The Kier molecular flexibility index (Phi) is 3.19. The van der Waals surface area contributed by atoms with E-state index in [1.165, 1.54) is 4.88 Å². The van der Waals surface area contributed by atoms with Crippen LogP contribution in [0.5, 0.6) is 0 Å². The van der Waals surface area contributed by atoms with Crippen LogP contribution in [0.25, 0.3) is 0 Å². The zero-order chi connectivity index (χ0) is 11.5. The van der Waals surface area contributed by atoms with E-state index in [0.29, 0.717) is 5.69 Å². The molecule has 0 aliphatic carbocycles. The average molecular weight is 234 g/mol. The molecule has 1 unspecified atom stereocenters. The van der Waals surface area contributed by atoms with Crippen molar-refractivity contribution in [3.63, 3.8) is 0 Å². The van der Waals surface area contributed by atoms with Gasteiger partial charge in [-0.25, -0.2) is 4.98 Å². The van der Waals surface area contributed by atoms with Crippen LogP contribution < -0.4 is 0 Å². The fraction of sp³-hybridized carbons (Fsp3) is 0.333. The van der Waals surface area contributed by atoms with Crippen molar-refractivity contribution in [3.05, 3.63) is 40.1 Å². The van der Waals surface area contributed by atoms with Crippen molar-refractivity contribution in [2.75, 3.05) is 0 Å². The minimum Gasteiger partial charge on any atom is -0.336 e. The van der Waals surface area contributed by atoms with Gasteiger partial charge in [0.25, 0.3) is 0 Å². The number of nitrogens with zero attached hydrogens (tertiary/aromatic N) is 2. The number of hydrogen-bond donors (Lipinski definition) is 0. The molecule has 0 aliphatic rings. The average Bonchev–Trinajstić information content (AvgIpc) is 2.96. The Morgan fingerprint density at radius 1 is 1.62 bits per heavy atom. The Bertz CT molecular complexity index is 487. The summed E-state index contributed by atoms with van der Waals surface area (Å²) >= 11 is 1.71. The summed E-state index contributed by atoms with van der Waals surface area (Å²) in [5.74, 6) is 0. The first-order chi connectivity index (χ1) is 7.76. The second-order valence-electron chi connectivity index (χ2n) is 3.65. The lowest BCUT2D eigenvalue weighted by Crippen LogP contribution is -2.08. The van der Waals surface area contributed by atoms with Gasteiger partial charge in [0.15, 0.2) is 6.29 Å². The van der Waals surface area contributed by atoms with Crippen molar-refractivity contribution in [3.8, 4) is 0 Å². The molecule has 0 saturated carbocycles. The molecule has 0 aromatic carbocycles. The van der Waals surface area contributed by atoms with Crippen LogP contribution in [0, 0.1) is 0 Å². The minimum absolute atomic E-state index is 0.125. The molecule has 2 aromatic heterocycles. The molecule has 0 aliphatic heterocycles. The van der Waals surface area contributed by atoms with Crippen molar-refractivity contribution in [2.24, 2.45) is 0 Å². The minimum atomic E-state index is 0.125. The highest BCUT2D eigenvalue weighted by Gasteiger charge is 2.13. The number of aldehydes is 1. The number of carbonyl (C=O) groups is 1. The fourth-order valence-corrected chi connectivity index (χ4v) is 2.57. The zero-order valence-electron chi connectivity index (χ0n) is 9.38. The molecule has 84 valence electrons. The number of aromatic nitrogens is 2. The van der Waals surface area contributed by atoms with Crippen molar-refractivity contribution in [2.45, 2.75) is 26.3 Å². The summed E-state index contributed by atoms with van der Waals surface area (Å²) in [7, 11) is 0. The number of rotatable bonds is 4. The van der Waals surface area contributed by atoms with Crippen LogP contribution in [0.3, 0.4) is 0 Å². The van der Waals surface area contributed by atoms with E-state index in [4.69, 9.17) is 0 Å². The van der Waals surface area contributed by atoms with Crippen LogP contribution >= 0.6 is 11.3 Å². The third-order valence-corrected chi connectivity index (χ3v) is 3.94. The Balaban J connectivity index is 2.31. The fourth-order valence-electron chi connectivity index (χ4n) is 1.66. The third kappa shape index (κ3) is 1.93. The van der Waals surface area contributed by atoms with E-state index in [9.17, 15) is 4.79 Å². The van der Waals surface area contributed by atoms with Crippen molar-refractivity contribution < 1.29 is 4.79 Å². The Labute approximate surface area is 98.8 Å². The monoisotopic (exact) mass is 234 g/mol. The van der Waals surface area contributed by atoms with Crippen LogP contribution in [0.1, 0.15) is 40.3 Å². The summed E-state index contributed by atoms with van der Waals surface area (Å²) in [6.45, 7) is 4.18. The second-order valence-corrected chi connectivity index (χ2v) is 4.80. The lowest BCUT2D eigenvalue weighted by Gasteiger charge is -2.12. The first-order valence-electron chi connectivity index (χ1n) is 5.33. The summed E-state index contributed by atoms with van der Waals surface area (Å²) in [4.78, 5) is 16.5. The van der Waals surface area contributed by atoms with Gasteiger partial charge in [0, 0.05) is 17.3 Å². The van der Waals surface area contributed by atoms with E-state index in [0.717, 1.165) is 17.7 Å². The van der Waals surface area contributed by atoms with E-state index in [1.807, 2.05) is 29.1 Å². The van der Waals surface area contributed by atoms with Gasteiger partial charge in [0.05, 0.1) is 11.7 Å². The van der Waals surface area contributed by atoms with Crippen LogP contribution in [-0.4, -0.2) is 15.8 Å². The molecule has 0 bridgehead atoms. The van der Waals surface area contributed by atoms with Gasteiger partial charge in [0.2, 0.25) is 0 Å². The molecule has 0 fully saturated rings. The summed E-state index contributed by atoms with van der Waals surface area (Å²) < 4.78 is 1.95. The number of carbonyl (C=O) groups excluding carboxylic acids is 1. The first kappa shape index (κ1) is 11.1. The maximum Gasteiger partial charge on any atom is 0.166 e. The predicted octanol–water partition coefficient (Wildman–Crippen LogP) is 2.93. The van der Waals surface area contributed by atoms with E-state index in [-0.39, 0.29) is 6.04 Å². The Morgan fingerprint density at radius 2 is 2.44 bits per heavy atom. The maximum absolute atomic E-state index is 10.8. The third-order valence-electron chi connectivity index (χ3n) is 2.63. The van der Waals surface area contributed by atoms with Crippen LogP contribution in [0.15, 0.2) is 24.5 Å². The van der Waals surface area contributed by atoms with Crippen LogP contribution in [0.4, 0.5) is 0 Å². The Morgan fingerprint density at radius 3 is 3.06 bits per heavy atom. The summed E-state index contributed by atoms with van der Waals surface area (Å²) in [6, 6.07) is 3.83. The second kappa shape index (κ2) is 4.61. The van der Waals surface area contributed by atoms with Gasteiger partial charge in [-0.1, -0.05) is 6.92 Å². The van der Waals surface area contributed by atoms with Crippen molar-refractivity contribution in [1.29, 1.82) is 0 Å². The maximum atomic E-state index is 10.8. The number of aryl methyl sites for hydroxylation is 1. The normalized spacial score (nSPS) is 12.6. The van der Waals surface area contributed by atoms with Gasteiger partial charge in [-0.05, 0) is 25.5 Å². The van der Waals surface area contributed by atoms with Gasteiger partial charge in [-0.3, -0.25) is 4.79 Å². The standard InChI is InChI=1S/C12H14N2OS/c1-3-11-7-13-12(16-11)9(2)14-6-4-5-10(14)8-15/h4-9H,3H2,1-2H3. The summed E-state index contributed by atoms with van der Waals surface area (Å²) in [6.07, 6.45) is 5.73. The number of hydrogen-bond acceptors (Lipinski definition) is 3. The molecule has 0 saturated heterocycles. The van der Waals surface area contributed by atoms with Gasteiger partial charge in [-0.2, -0.15) is 0 Å². The molecule has 1 atom stereocenters. The molecule has 2 heterocycles. The largest absolute Gasteiger partial charge is 0.336 e. The molecule has 0 radical (unpaired) electrons. The van der Waals surface area contributed by atoms with E-state index < -0.39 is 0 Å². The van der Waals surface area contributed by atoms with Crippen molar-refractivity contribution >= 4 is 17.6 Å². The molecule has 0 spiro atoms. The van der Waals surface area contributed by atoms with Gasteiger partial charge >= 0.3 is 0 Å². The van der Waals surface area contributed by atoms with E-state index in [1.54, 1.807) is 11.3 Å². The van der Waals surface area contributed by atoms with Crippen LogP contribution in [-0.2, 0) is 6.42 Å². The summed E-state index contributed by atoms with van der Waals surface area (Å²) in [5, 5.41) is 1.05. The SMILES string of the molecule is CCc1cnc(C(C)n2cccc2C=O)s1. The number of thiazole rings is 1. The van der Waals surface area contributed by atoms with E-state index >= 15 is 0 Å². The van der Waals surface area contributed by atoms with Gasteiger partial charge < -0.3 is 4.57 Å². The lowest BCUT2D eigenvalue weighted by molar-refractivity contribution is 0.111. The van der Waals surface area contributed by atoms with Gasteiger partial charge in [0.1, 0.15) is 5.01 Å². The molecular formula is C12H14N2OS. The first-order valence-corrected chi connectivity index (χ1v) is 6.14. The Hall–Kier alpha value is -1.42. The highest BCUT2D eigenvalue weighted by Crippen LogP contribution is 2.24. The van der Waals surface area contributed by atoms with Gasteiger partial charge in [-0.15, -0.1) is 11.3 Å². The quantitative estimate of drug-likeness (QED) is 0.762. The molecular weight excluding hydrogens is 220 g/mol. The smallest absolute Gasteiger partial charge is 0.166 e. The highest BCUT2D eigenvalue weighted by molar-refractivity contribution is 7.11. The molecule has 16 heavy (non-hydrogen) atoms. The van der Waals surface area contributed by atoms with E-state index in [2.05, 4.69) is 18.8 Å².